The summed E-state index contributed by atoms with van der Waals surface area (Å²) in [5.41, 5.74) is 8.97. The maximum atomic E-state index is 13.1. The van der Waals surface area contributed by atoms with Crippen LogP contribution in [0.2, 0.25) is 0 Å². The molecule has 0 bridgehead atoms. The third-order valence-corrected chi connectivity index (χ3v) is 4.24. The van der Waals surface area contributed by atoms with E-state index in [0.29, 0.717) is 6.54 Å². The molecular formula is C17H24ClFN4O. The van der Waals surface area contributed by atoms with Gasteiger partial charge in [-0.15, -0.1) is 12.4 Å². The second-order valence-corrected chi connectivity index (χ2v) is 5.80. The molecule has 0 fully saturated rings. The van der Waals surface area contributed by atoms with E-state index in [1.165, 1.54) is 12.1 Å². The van der Waals surface area contributed by atoms with Gasteiger partial charge in [0.05, 0.1) is 17.8 Å². The van der Waals surface area contributed by atoms with E-state index < -0.39 is 0 Å². The van der Waals surface area contributed by atoms with Crippen LogP contribution < -0.4 is 5.73 Å². The molecule has 2 aromatic rings. The van der Waals surface area contributed by atoms with Gasteiger partial charge in [-0.05, 0) is 45.0 Å². The summed E-state index contributed by atoms with van der Waals surface area (Å²) in [6.07, 6.45) is 0.277. The molecule has 0 aliphatic heterocycles. The van der Waals surface area contributed by atoms with E-state index in [9.17, 15) is 9.18 Å². The quantitative estimate of drug-likeness (QED) is 0.896. The summed E-state index contributed by atoms with van der Waals surface area (Å²) < 4.78 is 14.8. The number of aromatic nitrogens is 2. The highest BCUT2D eigenvalue weighted by atomic mass is 35.5. The minimum Gasteiger partial charge on any atom is -0.341 e. The van der Waals surface area contributed by atoms with Crippen molar-refractivity contribution in [2.45, 2.75) is 33.2 Å². The normalized spacial score (nSPS) is 11.8. The van der Waals surface area contributed by atoms with Crippen LogP contribution in [-0.4, -0.2) is 40.2 Å². The first-order valence-corrected chi connectivity index (χ1v) is 7.62. The Bertz CT molecular complexity index is 699. The lowest BCUT2D eigenvalue weighted by molar-refractivity contribution is -0.130. The number of likely N-dealkylation sites (N-methyl/N-ethyl adjacent to an activating group) is 1. The highest BCUT2D eigenvalue weighted by Gasteiger charge is 2.20. The van der Waals surface area contributed by atoms with E-state index in [0.717, 1.165) is 22.6 Å². The zero-order valence-corrected chi connectivity index (χ0v) is 15.2. The number of halogens is 2. The zero-order valence-electron chi connectivity index (χ0n) is 14.4. The molecule has 1 aromatic heterocycles. The number of nitrogens with zero attached hydrogens (tertiary/aromatic N) is 3. The predicted molar refractivity (Wildman–Crippen MR) is 95.2 cm³/mol. The molecule has 1 aromatic carbocycles. The van der Waals surface area contributed by atoms with Crippen molar-refractivity contribution in [1.29, 1.82) is 0 Å². The molecule has 0 radical (unpaired) electrons. The predicted octanol–water partition coefficient (Wildman–Crippen LogP) is 2.40. The lowest BCUT2D eigenvalue weighted by atomic mass is 10.1. The number of hydrogen-bond acceptors (Lipinski definition) is 3. The van der Waals surface area contributed by atoms with Crippen LogP contribution in [0, 0.1) is 19.7 Å². The number of hydrogen-bond donors (Lipinski definition) is 1. The van der Waals surface area contributed by atoms with Crippen molar-refractivity contribution in [3.8, 4) is 5.69 Å². The van der Waals surface area contributed by atoms with E-state index in [2.05, 4.69) is 5.10 Å². The molecular weight excluding hydrogens is 331 g/mol. The van der Waals surface area contributed by atoms with Crippen LogP contribution in [0.4, 0.5) is 4.39 Å². The third kappa shape index (κ3) is 4.13. The van der Waals surface area contributed by atoms with Crippen LogP contribution >= 0.6 is 12.4 Å². The van der Waals surface area contributed by atoms with Gasteiger partial charge in [-0.3, -0.25) is 4.79 Å². The molecule has 132 valence electrons. The minimum absolute atomic E-state index is 0. The van der Waals surface area contributed by atoms with Gasteiger partial charge in [0.15, 0.2) is 0 Å². The Morgan fingerprint density at radius 2 is 1.92 bits per heavy atom. The van der Waals surface area contributed by atoms with Gasteiger partial charge >= 0.3 is 0 Å². The average Bonchev–Trinajstić information content (AvgIpc) is 2.82. The molecule has 1 amide bonds. The highest BCUT2D eigenvalue weighted by Crippen LogP contribution is 2.19. The summed E-state index contributed by atoms with van der Waals surface area (Å²) in [6.45, 7) is 6.13. The van der Waals surface area contributed by atoms with Crippen LogP contribution in [0.25, 0.3) is 5.69 Å². The zero-order chi connectivity index (χ0) is 17.1. The van der Waals surface area contributed by atoms with Gasteiger partial charge in [-0.25, -0.2) is 9.07 Å². The SMILES string of the molecule is Cc1nn(-c2ccc(F)cc2)c(C)c1CC(=O)N(C)C(C)CN.Cl. The Morgan fingerprint density at radius 1 is 1.33 bits per heavy atom. The van der Waals surface area contributed by atoms with Gasteiger partial charge in [-0.1, -0.05) is 0 Å². The number of carbonyl (C=O) groups excluding carboxylic acids is 1. The van der Waals surface area contributed by atoms with E-state index >= 15 is 0 Å². The largest absolute Gasteiger partial charge is 0.341 e. The van der Waals surface area contributed by atoms with Gasteiger partial charge in [0, 0.05) is 30.9 Å². The smallest absolute Gasteiger partial charge is 0.227 e. The molecule has 2 N–H and O–H groups in total. The maximum absolute atomic E-state index is 13.1. The number of nitrogens with two attached hydrogens (primary N) is 1. The van der Waals surface area contributed by atoms with Gasteiger partial charge in [0.2, 0.25) is 5.91 Å². The molecule has 0 spiro atoms. The molecule has 1 atom stereocenters. The van der Waals surface area contributed by atoms with Crippen LogP contribution in [0.3, 0.4) is 0 Å². The summed E-state index contributed by atoms with van der Waals surface area (Å²) in [6, 6.07) is 6.13. The van der Waals surface area contributed by atoms with Crippen molar-refractivity contribution in [3.63, 3.8) is 0 Å². The van der Waals surface area contributed by atoms with Crippen molar-refractivity contribution in [2.75, 3.05) is 13.6 Å². The van der Waals surface area contributed by atoms with Gasteiger partial charge < -0.3 is 10.6 Å². The molecule has 0 aliphatic carbocycles. The fraction of sp³-hybridized carbons (Fsp3) is 0.412. The lowest BCUT2D eigenvalue weighted by Gasteiger charge is -2.23. The minimum atomic E-state index is -0.289. The van der Waals surface area contributed by atoms with Gasteiger partial charge in [0.1, 0.15) is 5.82 Å². The Hall–Kier alpha value is -1.92. The first-order chi connectivity index (χ1) is 10.8. The molecule has 0 aliphatic rings. The van der Waals surface area contributed by atoms with Crippen LogP contribution in [-0.2, 0) is 11.2 Å². The standard InChI is InChI=1S/C17H23FN4O.ClH/c1-11(10-19)21(4)17(23)9-16-12(2)20-22(13(16)3)15-7-5-14(18)6-8-15;/h5-8,11H,9-10,19H2,1-4H3;1H. The van der Waals surface area contributed by atoms with E-state index in [4.69, 9.17) is 5.73 Å². The number of benzene rings is 1. The Balaban J connectivity index is 0.00000288. The number of rotatable bonds is 5. The number of aryl methyl sites for hydroxylation is 1. The van der Waals surface area contributed by atoms with Crippen molar-refractivity contribution < 1.29 is 9.18 Å². The van der Waals surface area contributed by atoms with Gasteiger partial charge in [-0.2, -0.15) is 5.10 Å². The second kappa shape index (κ2) is 8.26. The molecule has 2 rings (SSSR count). The summed E-state index contributed by atoms with van der Waals surface area (Å²) in [5, 5.41) is 4.49. The van der Waals surface area contributed by atoms with Crippen molar-refractivity contribution in [3.05, 3.63) is 47.0 Å². The van der Waals surface area contributed by atoms with E-state index in [1.54, 1.807) is 28.8 Å². The summed E-state index contributed by atoms with van der Waals surface area (Å²) in [5.74, 6) is -0.282. The fourth-order valence-electron chi connectivity index (χ4n) is 2.44. The molecule has 7 heteroatoms. The van der Waals surface area contributed by atoms with Crippen molar-refractivity contribution >= 4 is 18.3 Å². The van der Waals surface area contributed by atoms with Crippen molar-refractivity contribution in [2.24, 2.45) is 5.73 Å². The summed E-state index contributed by atoms with van der Waals surface area (Å²) in [7, 11) is 1.76. The molecule has 0 saturated heterocycles. The second-order valence-electron chi connectivity index (χ2n) is 5.80. The monoisotopic (exact) mass is 354 g/mol. The summed E-state index contributed by atoms with van der Waals surface area (Å²) >= 11 is 0. The van der Waals surface area contributed by atoms with E-state index in [-0.39, 0.29) is 36.6 Å². The topological polar surface area (TPSA) is 64.2 Å². The lowest BCUT2D eigenvalue weighted by Crippen LogP contribution is -2.40. The first-order valence-electron chi connectivity index (χ1n) is 7.62. The van der Waals surface area contributed by atoms with Crippen LogP contribution in [0.15, 0.2) is 24.3 Å². The molecule has 1 unspecified atom stereocenters. The molecule has 5 nitrogen and oxygen atoms in total. The molecule has 0 saturated carbocycles. The molecule has 1 heterocycles. The number of carbonyl (C=O) groups is 1. The summed E-state index contributed by atoms with van der Waals surface area (Å²) in [4.78, 5) is 14.1. The van der Waals surface area contributed by atoms with Crippen LogP contribution in [0.1, 0.15) is 23.9 Å². The average molecular weight is 355 g/mol. The number of amides is 1. The van der Waals surface area contributed by atoms with E-state index in [1.807, 2.05) is 20.8 Å². The fourth-order valence-corrected chi connectivity index (χ4v) is 2.44. The Morgan fingerprint density at radius 3 is 2.46 bits per heavy atom. The highest BCUT2D eigenvalue weighted by molar-refractivity contribution is 5.85. The molecule has 24 heavy (non-hydrogen) atoms. The Labute approximate surface area is 148 Å². The van der Waals surface area contributed by atoms with Crippen molar-refractivity contribution in [1.82, 2.24) is 14.7 Å². The first kappa shape index (κ1) is 20.1. The Kier molecular flexibility index (Phi) is 6.93. The maximum Gasteiger partial charge on any atom is 0.227 e. The van der Waals surface area contributed by atoms with Gasteiger partial charge in [0.25, 0.3) is 0 Å². The third-order valence-electron chi connectivity index (χ3n) is 4.24. The van der Waals surface area contributed by atoms with Crippen LogP contribution in [0.5, 0.6) is 0 Å².